The predicted molar refractivity (Wildman–Crippen MR) is 237 cm³/mol. The van der Waals surface area contributed by atoms with Gasteiger partial charge in [-0.05, 0) is 80.9 Å². The monoisotopic (exact) mass is 743 g/mol. The quantitative estimate of drug-likeness (QED) is 0.180. The van der Waals surface area contributed by atoms with Gasteiger partial charge in [-0.25, -0.2) is 9.97 Å². The predicted octanol–water partition coefficient (Wildman–Crippen LogP) is 14.0. The van der Waals surface area contributed by atoms with Crippen molar-refractivity contribution in [2.45, 2.75) is 5.41 Å². The van der Waals surface area contributed by atoms with Gasteiger partial charge in [0.25, 0.3) is 0 Å². The Bertz CT molecular complexity index is 3100. The van der Waals surface area contributed by atoms with Crippen molar-refractivity contribution in [3.8, 4) is 44.8 Å². The highest BCUT2D eigenvalue weighted by Crippen LogP contribution is 2.63. The summed E-state index contributed by atoms with van der Waals surface area (Å²) in [5.74, 6) is 0.641. The number of aromatic nitrogens is 2. The van der Waals surface area contributed by atoms with E-state index in [2.05, 4.69) is 193 Å². The number of anilines is 3. The van der Waals surface area contributed by atoms with E-state index in [4.69, 9.17) is 9.97 Å². The van der Waals surface area contributed by atoms with Crippen molar-refractivity contribution in [1.29, 1.82) is 0 Å². The minimum atomic E-state index is -0.577. The molecule has 266 valence electrons. The zero-order chi connectivity index (χ0) is 37.5. The second kappa shape index (κ2) is 12.4. The average Bonchev–Trinajstić information content (AvgIpc) is 3.80. The number of para-hydroxylation sites is 2. The van der Waals surface area contributed by atoms with Crippen molar-refractivity contribution in [2.24, 2.45) is 0 Å². The summed E-state index contributed by atoms with van der Waals surface area (Å²) in [4.78, 5) is 13.0. The lowest BCUT2D eigenvalue weighted by molar-refractivity contribution is 0.750. The molecule has 1 spiro atoms. The van der Waals surface area contributed by atoms with Gasteiger partial charge in [0.1, 0.15) is 0 Å². The molecular weight excluding hydrogens is 711 g/mol. The molecule has 0 radical (unpaired) electrons. The van der Waals surface area contributed by atoms with E-state index in [0.717, 1.165) is 33.9 Å². The second-order valence-corrected chi connectivity index (χ2v) is 16.0. The van der Waals surface area contributed by atoms with Crippen LogP contribution in [0.5, 0.6) is 0 Å². The van der Waals surface area contributed by atoms with Crippen LogP contribution in [0.2, 0.25) is 0 Å². The fourth-order valence-corrected chi connectivity index (χ4v) is 10.6. The molecule has 57 heavy (non-hydrogen) atoms. The third-order valence-corrected chi connectivity index (χ3v) is 13.0. The Kier molecular flexibility index (Phi) is 7.01. The molecule has 1 aliphatic carbocycles. The van der Waals surface area contributed by atoms with Gasteiger partial charge in [-0.2, -0.15) is 0 Å². The van der Waals surface area contributed by atoms with E-state index in [0.29, 0.717) is 5.95 Å². The molecule has 0 unspecified atom stereocenters. The van der Waals surface area contributed by atoms with Crippen LogP contribution in [-0.2, 0) is 5.41 Å². The summed E-state index contributed by atoms with van der Waals surface area (Å²) in [7, 11) is 0. The van der Waals surface area contributed by atoms with Crippen molar-refractivity contribution in [1.82, 2.24) is 9.97 Å². The summed E-state index contributed by atoms with van der Waals surface area (Å²) in [6.07, 6.45) is 0. The molecule has 2 aromatic heterocycles. The number of hydrogen-bond donors (Lipinski definition) is 0. The Hall–Kier alpha value is -7.14. The lowest BCUT2D eigenvalue weighted by Gasteiger charge is -2.44. The molecular formula is C53H33N3S. The first-order valence-corrected chi connectivity index (χ1v) is 20.2. The summed E-state index contributed by atoms with van der Waals surface area (Å²) >= 11 is 1.87. The van der Waals surface area contributed by atoms with Gasteiger partial charge in [-0.15, -0.1) is 11.3 Å². The maximum atomic E-state index is 5.36. The maximum absolute atomic E-state index is 5.36. The molecule has 4 heteroatoms. The molecule has 0 saturated heterocycles. The summed E-state index contributed by atoms with van der Waals surface area (Å²) in [5.41, 5.74) is 15.4. The van der Waals surface area contributed by atoms with Gasteiger partial charge in [0.05, 0.1) is 28.2 Å². The van der Waals surface area contributed by atoms with Gasteiger partial charge in [0.15, 0.2) is 0 Å². The van der Waals surface area contributed by atoms with Crippen LogP contribution in [-0.4, -0.2) is 9.97 Å². The van der Waals surface area contributed by atoms with E-state index in [1.54, 1.807) is 0 Å². The second-order valence-electron chi connectivity index (χ2n) is 14.9. The Morgan fingerprint density at radius 3 is 1.60 bits per heavy atom. The SMILES string of the molecule is c1ccc(-c2cc(-c3ccccc3)nc(N3c4ccccc4C4(c5ccccc5-c5ccc(-c6ccc7c(c6)sc6ccccc67)cc54)c4ccccc43)n2)cc1. The molecule has 10 aromatic rings. The van der Waals surface area contributed by atoms with Gasteiger partial charge in [-0.3, -0.25) is 4.90 Å². The highest BCUT2D eigenvalue weighted by atomic mass is 32.1. The Balaban J connectivity index is 1.11. The molecule has 2 aliphatic rings. The van der Waals surface area contributed by atoms with Crippen LogP contribution in [0.3, 0.4) is 0 Å². The van der Waals surface area contributed by atoms with Gasteiger partial charge >= 0.3 is 0 Å². The highest BCUT2D eigenvalue weighted by Gasteiger charge is 2.52. The molecule has 0 bridgehead atoms. The molecule has 12 rings (SSSR count). The number of thiophene rings is 1. The Labute approximate surface area is 334 Å². The van der Waals surface area contributed by atoms with Crippen LogP contribution in [0.25, 0.3) is 64.9 Å². The highest BCUT2D eigenvalue weighted by molar-refractivity contribution is 7.25. The zero-order valence-electron chi connectivity index (χ0n) is 30.8. The third-order valence-electron chi connectivity index (χ3n) is 11.9. The van der Waals surface area contributed by atoms with E-state index in [-0.39, 0.29) is 0 Å². The van der Waals surface area contributed by atoms with Crippen LogP contribution in [0, 0.1) is 0 Å². The topological polar surface area (TPSA) is 29.0 Å². The minimum Gasteiger partial charge on any atom is -0.278 e. The van der Waals surface area contributed by atoms with Crippen molar-refractivity contribution >= 4 is 48.8 Å². The lowest BCUT2D eigenvalue weighted by atomic mass is 9.64. The van der Waals surface area contributed by atoms with E-state index >= 15 is 0 Å². The largest absolute Gasteiger partial charge is 0.278 e. The fourth-order valence-electron chi connectivity index (χ4n) is 9.45. The molecule has 3 heterocycles. The van der Waals surface area contributed by atoms with Gasteiger partial charge in [-0.1, -0.05) is 164 Å². The van der Waals surface area contributed by atoms with Gasteiger partial charge in [0, 0.05) is 31.3 Å². The summed E-state index contributed by atoms with van der Waals surface area (Å²) < 4.78 is 2.63. The molecule has 0 saturated carbocycles. The van der Waals surface area contributed by atoms with Crippen LogP contribution >= 0.6 is 11.3 Å². The van der Waals surface area contributed by atoms with Crippen LogP contribution in [0.1, 0.15) is 22.3 Å². The first-order valence-electron chi connectivity index (χ1n) is 19.4. The number of rotatable bonds is 4. The molecule has 0 amide bonds. The first kappa shape index (κ1) is 32.1. The summed E-state index contributed by atoms with van der Waals surface area (Å²) in [5, 5.41) is 2.63. The zero-order valence-corrected chi connectivity index (χ0v) is 31.6. The van der Waals surface area contributed by atoms with Gasteiger partial charge in [0.2, 0.25) is 5.95 Å². The third kappa shape index (κ3) is 4.71. The molecule has 1 aliphatic heterocycles. The summed E-state index contributed by atoms with van der Waals surface area (Å²) in [6.45, 7) is 0. The first-order chi connectivity index (χ1) is 28.3. The number of hydrogen-bond acceptors (Lipinski definition) is 4. The van der Waals surface area contributed by atoms with Crippen molar-refractivity contribution in [2.75, 3.05) is 4.90 Å². The van der Waals surface area contributed by atoms with Crippen molar-refractivity contribution in [3.05, 3.63) is 222 Å². The van der Waals surface area contributed by atoms with E-state index < -0.39 is 5.41 Å². The number of fused-ring (bicyclic) bond motifs is 12. The standard InChI is InChI=1S/C53H33N3S/c1-3-15-34(16-4-1)46-33-47(35-17-5-2-6-18-35)55-52(54-46)56-48-24-12-10-22-43(48)53(44-23-11-13-25-49(44)56)42-21-9-7-19-38(42)39-29-27-36(31-45(39)53)37-28-30-41-40-20-8-14-26-50(40)57-51(41)32-37/h1-33H. The van der Waals surface area contributed by atoms with Crippen LogP contribution < -0.4 is 4.90 Å². The Morgan fingerprint density at radius 1 is 0.368 bits per heavy atom. The van der Waals surface area contributed by atoms with Crippen molar-refractivity contribution < 1.29 is 0 Å². The lowest BCUT2D eigenvalue weighted by Crippen LogP contribution is -2.36. The maximum Gasteiger partial charge on any atom is 0.235 e. The average molecular weight is 744 g/mol. The number of nitrogens with zero attached hydrogens (tertiary/aromatic N) is 3. The van der Waals surface area contributed by atoms with Crippen LogP contribution in [0.15, 0.2) is 200 Å². The Morgan fingerprint density at radius 2 is 0.895 bits per heavy atom. The molecule has 0 N–H and O–H groups in total. The molecule has 8 aromatic carbocycles. The molecule has 3 nitrogen and oxygen atoms in total. The normalized spacial score (nSPS) is 13.4. The van der Waals surface area contributed by atoms with Crippen LogP contribution in [0.4, 0.5) is 17.3 Å². The number of benzene rings is 8. The van der Waals surface area contributed by atoms with E-state index in [1.807, 2.05) is 23.5 Å². The summed E-state index contributed by atoms with van der Waals surface area (Å²) in [6, 6.07) is 72.6. The fraction of sp³-hybridized carbons (Fsp3) is 0.0189. The van der Waals surface area contributed by atoms with E-state index in [1.165, 1.54) is 64.7 Å². The smallest absolute Gasteiger partial charge is 0.235 e. The molecule has 0 atom stereocenters. The molecule has 0 fully saturated rings. The van der Waals surface area contributed by atoms with Gasteiger partial charge < -0.3 is 0 Å². The van der Waals surface area contributed by atoms with Crippen molar-refractivity contribution in [3.63, 3.8) is 0 Å². The minimum absolute atomic E-state index is 0.577. The van der Waals surface area contributed by atoms with E-state index in [9.17, 15) is 0 Å².